The van der Waals surface area contributed by atoms with Gasteiger partial charge < -0.3 is 4.74 Å². The molecule has 0 saturated carbocycles. The summed E-state index contributed by atoms with van der Waals surface area (Å²) in [6.45, 7) is 0. The van der Waals surface area contributed by atoms with Crippen molar-refractivity contribution in [2.24, 2.45) is 0 Å². The molecule has 0 aliphatic heterocycles. The Morgan fingerprint density at radius 3 is 2.41 bits per heavy atom. The molecule has 1 aromatic heterocycles. The van der Waals surface area contributed by atoms with E-state index in [1.54, 1.807) is 30.7 Å². The molecule has 0 radical (unpaired) electrons. The highest BCUT2D eigenvalue weighted by atomic mass is 35.5. The summed E-state index contributed by atoms with van der Waals surface area (Å²) in [5, 5.41) is 1.67. The second-order valence-corrected chi connectivity index (χ2v) is 7.02. The molecule has 0 aliphatic carbocycles. The van der Waals surface area contributed by atoms with Gasteiger partial charge in [-0.2, -0.15) is 0 Å². The average Bonchev–Trinajstić information content (AvgIpc) is 3.15. The highest BCUT2D eigenvalue weighted by Gasteiger charge is 2.14. The molecule has 0 atom stereocenters. The lowest BCUT2D eigenvalue weighted by Gasteiger charge is -2.15. The first-order valence-corrected chi connectivity index (χ1v) is 9.26. The fourth-order valence-electron chi connectivity index (χ4n) is 2.77. The molecule has 4 aromatic rings. The molecule has 27 heavy (non-hydrogen) atoms. The minimum atomic E-state index is 0.478. The second-order valence-electron chi connectivity index (χ2n) is 5.77. The predicted molar refractivity (Wildman–Crippen MR) is 111 cm³/mol. The van der Waals surface area contributed by atoms with Gasteiger partial charge in [0, 0.05) is 21.7 Å². The number of ether oxygens (including phenoxy) is 1. The van der Waals surface area contributed by atoms with Crippen LogP contribution in [0.15, 0.2) is 79.3 Å². The molecular formula is C21H13Cl3N2O. The van der Waals surface area contributed by atoms with Crippen molar-refractivity contribution in [3.63, 3.8) is 0 Å². The maximum Gasteiger partial charge on any atom is 0.151 e. The van der Waals surface area contributed by atoms with Crippen molar-refractivity contribution in [2.45, 2.75) is 0 Å². The number of hydrogen-bond acceptors (Lipinski definition) is 2. The van der Waals surface area contributed by atoms with Gasteiger partial charge in [0.2, 0.25) is 0 Å². The third-order valence-electron chi connectivity index (χ3n) is 4.03. The number of benzene rings is 3. The van der Waals surface area contributed by atoms with Gasteiger partial charge in [0.05, 0.1) is 28.9 Å². The first-order valence-electron chi connectivity index (χ1n) is 8.13. The Morgan fingerprint density at radius 2 is 1.56 bits per heavy atom. The molecule has 3 nitrogen and oxygen atoms in total. The summed E-state index contributed by atoms with van der Waals surface area (Å²) in [5.74, 6) is 1.10. The van der Waals surface area contributed by atoms with Gasteiger partial charge in [-0.1, -0.05) is 65.1 Å². The van der Waals surface area contributed by atoms with E-state index < -0.39 is 0 Å². The van der Waals surface area contributed by atoms with Crippen molar-refractivity contribution in [2.75, 3.05) is 0 Å². The van der Waals surface area contributed by atoms with E-state index in [0.29, 0.717) is 26.6 Å². The first kappa shape index (κ1) is 17.9. The fourth-order valence-corrected chi connectivity index (χ4v) is 3.32. The van der Waals surface area contributed by atoms with Crippen LogP contribution in [0.4, 0.5) is 0 Å². The maximum absolute atomic E-state index is 6.38. The SMILES string of the molecule is Clc1ccc(Cl)c(Oc2ccccc2-n2cncc2-c2ccccc2Cl)c1. The van der Waals surface area contributed by atoms with Crippen LogP contribution in [-0.4, -0.2) is 9.55 Å². The van der Waals surface area contributed by atoms with Gasteiger partial charge in [0.1, 0.15) is 5.75 Å². The summed E-state index contributed by atoms with van der Waals surface area (Å²) in [4.78, 5) is 4.30. The number of para-hydroxylation sites is 2. The van der Waals surface area contributed by atoms with E-state index in [1.165, 1.54) is 0 Å². The molecule has 0 fully saturated rings. The van der Waals surface area contributed by atoms with Crippen LogP contribution in [-0.2, 0) is 0 Å². The van der Waals surface area contributed by atoms with Gasteiger partial charge in [0.25, 0.3) is 0 Å². The largest absolute Gasteiger partial charge is 0.454 e. The topological polar surface area (TPSA) is 27.1 Å². The summed E-state index contributed by atoms with van der Waals surface area (Å²) >= 11 is 18.7. The predicted octanol–water partition coefficient (Wildman–Crippen LogP) is 7.29. The van der Waals surface area contributed by atoms with Crippen LogP contribution in [0, 0.1) is 0 Å². The molecule has 0 saturated heterocycles. The number of halogens is 3. The lowest BCUT2D eigenvalue weighted by Crippen LogP contribution is -1.99. The van der Waals surface area contributed by atoms with Crippen molar-refractivity contribution in [3.8, 4) is 28.4 Å². The molecule has 0 aliphatic rings. The van der Waals surface area contributed by atoms with Crippen LogP contribution < -0.4 is 4.74 Å². The molecular weight excluding hydrogens is 403 g/mol. The van der Waals surface area contributed by atoms with E-state index in [0.717, 1.165) is 16.9 Å². The lowest BCUT2D eigenvalue weighted by atomic mass is 10.1. The zero-order valence-electron chi connectivity index (χ0n) is 13.9. The summed E-state index contributed by atoms with van der Waals surface area (Å²) in [7, 11) is 0. The monoisotopic (exact) mass is 414 g/mol. The normalized spacial score (nSPS) is 10.8. The minimum Gasteiger partial charge on any atom is -0.454 e. The maximum atomic E-state index is 6.38. The molecule has 134 valence electrons. The Hall–Kier alpha value is -2.46. The van der Waals surface area contributed by atoms with E-state index in [2.05, 4.69) is 4.98 Å². The Kier molecular flexibility index (Phi) is 5.08. The van der Waals surface area contributed by atoms with Crippen LogP contribution in [0.5, 0.6) is 11.5 Å². The van der Waals surface area contributed by atoms with E-state index in [-0.39, 0.29) is 0 Å². The van der Waals surface area contributed by atoms with Gasteiger partial charge in [-0.05, 0) is 30.3 Å². The third kappa shape index (κ3) is 3.67. The van der Waals surface area contributed by atoms with Gasteiger partial charge in [0.15, 0.2) is 5.75 Å². The molecule has 0 N–H and O–H groups in total. The Balaban J connectivity index is 1.80. The van der Waals surface area contributed by atoms with E-state index in [4.69, 9.17) is 39.5 Å². The Morgan fingerprint density at radius 1 is 0.778 bits per heavy atom. The number of imidazole rings is 1. The fraction of sp³-hybridized carbons (Fsp3) is 0. The Labute approximate surface area is 171 Å². The van der Waals surface area contributed by atoms with Crippen molar-refractivity contribution in [1.29, 1.82) is 0 Å². The van der Waals surface area contributed by atoms with Gasteiger partial charge in [-0.3, -0.25) is 4.57 Å². The molecule has 0 bridgehead atoms. The zero-order valence-corrected chi connectivity index (χ0v) is 16.2. The third-order valence-corrected chi connectivity index (χ3v) is 4.90. The van der Waals surface area contributed by atoms with Crippen LogP contribution in [0.2, 0.25) is 15.1 Å². The summed E-state index contributed by atoms with van der Waals surface area (Å²) < 4.78 is 7.99. The smallest absolute Gasteiger partial charge is 0.151 e. The molecule has 0 spiro atoms. The number of rotatable bonds is 4. The second kappa shape index (κ2) is 7.65. The van der Waals surface area contributed by atoms with Crippen molar-refractivity contribution in [1.82, 2.24) is 9.55 Å². The highest BCUT2D eigenvalue weighted by molar-refractivity contribution is 6.34. The zero-order chi connectivity index (χ0) is 18.8. The van der Waals surface area contributed by atoms with Gasteiger partial charge >= 0.3 is 0 Å². The van der Waals surface area contributed by atoms with Crippen molar-refractivity contribution < 1.29 is 4.74 Å². The van der Waals surface area contributed by atoms with Crippen molar-refractivity contribution >= 4 is 34.8 Å². The molecule has 1 heterocycles. The molecule has 0 amide bonds. The number of nitrogens with zero attached hydrogens (tertiary/aromatic N) is 2. The standard InChI is InChI=1S/C21H13Cl3N2O/c22-14-9-10-17(24)21(11-14)27-20-8-4-3-7-18(20)26-13-25-12-19(26)15-5-1-2-6-16(15)23/h1-13H. The number of aromatic nitrogens is 2. The van der Waals surface area contributed by atoms with Crippen LogP contribution in [0.1, 0.15) is 0 Å². The molecule has 6 heteroatoms. The van der Waals surface area contributed by atoms with Crippen molar-refractivity contribution in [3.05, 3.63) is 94.3 Å². The lowest BCUT2D eigenvalue weighted by molar-refractivity contribution is 0.480. The number of hydrogen-bond donors (Lipinski definition) is 0. The van der Waals surface area contributed by atoms with E-state index >= 15 is 0 Å². The average molecular weight is 416 g/mol. The van der Waals surface area contributed by atoms with Gasteiger partial charge in [-0.25, -0.2) is 4.98 Å². The summed E-state index contributed by atoms with van der Waals surface area (Å²) in [6.07, 6.45) is 3.49. The highest BCUT2D eigenvalue weighted by Crippen LogP contribution is 2.36. The van der Waals surface area contributed by atoms with Crippen LogP contribution in [0.25, 0.3) is 16.9 Å². The molecule has 4 rings (SSSR count). The van der Waals surface area contributed by atoms with E-state index in [9.17, 15) is 0 Å². The first-order chi connectivity index (χ1) is 13.1. The quantitative estimate of drug-likeness (QED) is 0.350. The molecule has 0 unspecified atom stereocenters. The summed E-state index contributed by atoms with van der Waals surface area (Å²) in [6, 6.07) is 20.4. The van der Waals surface area contributed by atoms with Gasteiger partial charge in [-0.15, -0.1) is 0 Å². The van der Waals surface area contributed by atoms with E-state index in [1.807, 2.05) is 53.1 Å². The van der Waals surface area contributed by atoms with Crippen LogP contribution >= 0.6 is 34.8 Å². The minimum absolute atomic E-state index is 0.478. The Bertz CT molecular complexity index is 1110. The summed E-state index contributed by atoms with van der Waals surface area (Å²) in [5.41, 5.74) is 2.54. The van der Waals surface area contributed by atoms with Crippen LogP contribution in [0.3, 0.4) is 0 Å². The molecule has 3 aromatic carbocycles.